The Bertz CT molecular complexity index is 743. The van der Waals surface area contributed by atoms with Crippen LogP contribution in [0.1, 0.15) is 219 Å². The van der Waals surface area contributed by atoms with E-state index in [0.717, 1.165) is 0 Å². The van der Waals surface area contributed by atoms with E-state index in [1.807, 2.05) is 35.9 Å². The maximum absolute atomic E-state index is 4.31. The normalized spacial score (nSPS) is 11.2. The highest BCUT2D eigenvalue weighted by Crippen LogP contribution is 2.23. The maximum Gasteiger partial charge on any atom is 0.149 e. The molecule has 0 saturated carbocycles. The molecule has 0 bridgehead atoms. The van der Waals surface area contributed by atoms with Crippen LogP contribution in [-0.2, 0) is 0 Å². The van der Waals surface area contributed by atoms with Crippen LogP contribution in [0.3, 0.4) is 0 Å². The minimum atomic E-state index is 1.23. The molecule has 2 nitrogen and oxygen atoms in total. The average molecular weight is 739 g/mol. The summed E-state index contributed by atoms with van der Waals surface area (Å²) in [6.07, 6.45) is 50.0. The van der Waals surface area contributed by atoms with Crippen LogP contribution in [0.2, 0.25) is 0 Å². The molecule has 0 aliphatic carbocycles. The molecule has 0 atom stereocenters. The Morgan fingerprint density at radius 1 is 0.354 bits per heavy atom. The van der Waals surface area contributed by atoms with Crippen molar-refractivity contribution in [2.75, 3.05) is 11.5 Å². The van der Waals surface area contributed by atoms with Gasteiger partial charge in [0.1, 0.15) is 8.68 Å². The van der Waals surface area contributed by atoms with Gasteiger partial charge < -0.3 is 0 Å². The van der Waals surface area contributed by atoms with Crippen LogP contribution in [0, 0.1) is 0 Å². The maximum atomic E-state index is 4.31. The number of rotatable bonds is 36. The Balaban J connectivity index is 0.000000480. The molecule has 0 amide bonds. The predicted molar refractivity (Wildman–Crippen MR) is 225 cm³/mol. The van der Waals surface area contributed by atoms with Crippen molar-refractivity contribution >= 4 is 46.2 Å². The zero-order chi connectivity index (χ0) is 34.3. The molecule has 2 aromatic heterocycles. The van der Waals surface area contributed by atoms with Gasteiger partial charge in [0.15, 0.2) is 0 Å². The first-order valence-electron chi connectivity index (χ1n) is 20.9. The highest BCUT2D eigenvalue weighted by Gasteiger charge is 1.99. The van der Waals surface area contributed by atoms with Crippen LogP contribution in [0.4, 0.5) is 0 Å². The first-order chi connectivity index (χ1) is 23.9. The topological polar surface area (TPSA) is 25.8 Å². The summed E-state index contributed by atoms with van der Waals surface area (Å²) in [4.78, 5) is 8.62. The second kappa shape index (κ2) is 39.7. The zero-order valence-corrected chi connectivity index (χ0v) is 35.1. The standard InChI is InChI=1S/2C21H39NS2/c2*1-2-3-4-5-6-7-8-9-10-11-12-13-14-15-16-17-19-23-21-22-18-20-24-21/h2*18,20H,2-17,19H2,1H3. The molecule has 2 rings (SSSR count). The van der Waals surface area contributed by atoms with Crippen molar-refractivity contribution in [1.82, 2.24) is 9.97 Å². The van der Waals surface area contributed by atoms with Gasteiger partial charge >= 0.3 is 0 Å². The van der Waals surface area contributed by atoms with Crippen molar-refractivity contribution in [3.63, 3.8) is 0 Å². The number of aromatic nitrogens is 2. The lowest BCUT2D eigenvalue weighted by atomic mass is 10.0. The van der Waals surface area contributed by atoms with Gasteiger partial charge in [0, 0.05) is 34.7 Å². The van der Waals surface area contributed by atoms with Crippen molar-refractivity contribution in [1.29, 1.82) is 0 Å². The van der Waals surface area contributed by atoms with E-state index in [4.69, 9.17) is 0 Å². The van der Waals surface area contributed by atoms with Gasteiger partial charge in [0.25, 0.3) is 0 Å². The Labute approximate surface area is 317 Å². The molecule has 280 valence electrons. The molecule has 2 heterocycles. The molecule has 48 heavy (non-hydrogen) atoms. The summed E-state index contributed by atoms with van der Waals surface area (Å²) < 4.78 is 2.46. The fraction of sp³-hybridized carbons (Fsp3) is 0.857. The minimum absolute atomic E-state index is 1.23. The lowest BCUT2D eigenvalue weighted by Crippen LogP contribution is -1.84. The van der Waals surface area contributed by atoms with Gasteiger partial charge in [-0.3, -0.25) is 0 Å². The van der Waals surface area contributed by atoms with Gasteiger partial charge in [0.05, 0.1) is 0 Å². The fourth-order valence-electron chi connectivity index (χ4n) is 6.18. The Morgan fingerprint density at radius 2 is 0.583 bits per heavy atom. The molecule has 0 N–H and O–H groups in total. The molecule has 0 fully saturated rings. The van der Waals surface area contributed by atoms with E-state index < -0.39 is 0 Å². The van der Waals surface area contributed by atoms with Crippen molar-refractivity contribution < 1.29 is 0 Å². The van der Waals surface area contributed by atoms with Crippen LogP contribution in [0.5, 0.6) is 0 Å². The lowest BCUT2D eigenvalue weighted by Gasteiger charge is -2.03. The molecule has 0 aliphatic rings. The summed E-state index contributed by atoms with van der Waals surface area (Å²) in [5.41, 5.74) is 0. The van der Waals surface area contributed by atoms with Crippen molar-refractivity contribution in [2.24, 2.45) is 0 Å². The highest BCUT2D eigenvalue weighted by atomic mass is 32.2. The van der Waals surface area contributed by atoms with E-state index in [9.17, 15) is 0 Å². The summed E-state index contributed by atoms with van der Waals surface area (Å²) in [5, 5.41) is 4.13. The quantitative estimate of drug-likeness (QED) is 0.0513. The largest absolute Gasteiger partial charge is 0.238 e. The number of unbranched alkanes of at least 4 members (excludes halogenated alkanes) is 30. The number of thioether (sulfide) groups is 2. The summed E-state index contributed by atoms with van der Waals surface area (Å²) in [7, 11) is 0. The number of hydrogen-bond donors (Lipinski definition) is 0. The number of nitrogens with zero attached hydrogens (tertiary/aromatic N) is 2. The van der Waals surface area contributed by atoms with Crippen LogP contribution in [-0.4, -0.2) is 21.5 Å². The van der Waals surface area contributed by atoms with E-state index in [1.165, 1.54) is 226 Å². The summed E-state index contributed by atoms with van der Waals surface area (Å²) in [6.45, 7) is 4.59. The molecular weight excluding hydrogens is 661 g/mol. The van der Waals surface area contributed by atoms with Crippen LogP contribution in [0.15, 0.2) is 31.8 Å². The van der Waals surface area contributed by atoms with E-state index in [0.29, 0.717) is 0 Å². The number of hydrogen-bond acceptors (Lipinski definition) is 6. The van der Waals surface area contributed by atoms with Crippen LogP contribution >= 0.6 is 46.2 Å². The molecule has 6 heteroatoms. The SMILES string of the molecule is CCCCCCCCCCCCCCCCCCSc1nccs1.CCCCCCCCCCCCCCCCCCSc1nccs1. The van der Waals surface area contributed by atoms with Gasteiger partial charge in [-0.2, -0.15) is 0 Å². The van der Waals surface area contributed by atoms with Gasteiger partial charge in [0.2, 0.25) is 0 Å². The van der Waals surface area contributed by atoms with E-state index in [2.05, 4.69) is 34.6 Å². The van der Waals surface area contributed by atoms with Gasteiger partial charge in [-0.25, -0.2) is 9.97 Å². The van der Waals surface area contributed by atoms with Crippen LogP contribution in [0.25, 0.3) is 0 Å². The molecule has 0 aromatic carbocycles. The van der Waals surface area contributed by atoms with E-state index >= 15 is 0 Å². The average Bonchev–Trinajstić information content (AvgIpc) is 3.83. The van der Waals surface area contributed by atoms with Crippen molar-refractivity contribution in [2.45, 2.75) is 228 Å². The molecule has 0 unspecified atom stereocenters. The Hall–Kier alpha value is -0.0400. The predicted octanol–water partition coefficient (Wildman–Crippen LogP) is 17.0. The van der Waals surface area contributed by atoms with Crippen LogP contribution < -0.4 is 0 Å². The fourth-order valence-corrected chi connectivity index (χ4v) is 9.60. The van der Waals surface area contributed by atoms with E-state index in [1.54, 1.807) is 22.7 Å². The van der Waals surface area contributed by atoms with Gasteiger partial charge in [-0.15, -0.1) is 22.7 Å². The van der Waals surface area contributed by atoms with Gasteiger partial charge in [-0.05, 0) is 12.8 Å². The highest BCUT2D eigenvalue weighted by molar-refractivity contribution is 8.01. The second-order valence-corrected chi connectivity index (χ2v) is 18.4. The van der Waals surface area contributed by atoms with E-state index in [-0.39, 0.29) is 0 Å². The third-order valence-electron chi connectivity index (χ3n) is 9.27. The first kappa shape index (κ1) is 46.0. The smallest absolute Gasteiger partial charge is 0.149 e. The summed E-state index contributed by atoms with van der Waals surface area (Å²) in [6, 6.07) is 0. The molecule has 0 saturated heterocycles. The number of thiazole rings is 2. The second-order valence-electron chi connectivity index (χ2n) is 13.9. The third-order valence-corrected chi connectivity index (χ3v) is 13.4. The zero-order valence-electron chi connectivity index (χ0n) is 31.9. The van der Waals surface area contributed by atoms with Crippen molar-refractivity contribution in [3.8, 4) is 0 Å². The Kier molecular flexibility index (Phi) is 38.1. The third kappa shape index (κ3) is 34.4. The lowest BCUT2D eigenvalue weighted by molar-refractivity contribution is 0.531. The molecule has 0 spiro atoms. The molecule has 0 radical (unpaired) electrons. The molecule has 2 aromatic rings. The summed E-state index contributed by atoms with van der Waals surface area (Å²) >= 11 is 7.37. The summed E-state index contributed by atoms with van der Waals surface area (Å²) in [5.74, 6) is 2.48. The van der Waals surface area contributed by atoms with Gasteiger partial charge in [-0.1, -0.05) is 230 Å². The monoisotopic (exact) mass is 739 g/mol. The minimum Gasteiger partial charge on any atom is -0.238 e. The molecular formula is C42H78N2S4. The van der Waals surface area contributed by atoms with Crippen molar-refractivity contribution in [3.05, 3.63) is 23.2 Å². The Morgan fingerprint density at radius 3 is 0.792 bits per heavy atom. The molecule has 0 aliphatic heterocycles. The first-order valence-corrected chi connectivity index (χ1v) is 24.6.